The molecule has 0 radical (unpaired) electrons. The molecule has 2 aromatic carbocycles. The Labute approximate surface area is 176 Å². The smallest absolute Gasteiger partial charge is 0.247 e. The molecule has 0 N–H and O–H groups in total. The molecule has 30 heavy (non-hydrogen) atoms. The molecule has 0 atom stereocenters. The minimum absolute atomic E-state index is 0.299. The van der Waals surface area contributed by atoms with E-state index in [4.69, 9.17) is 13.9 Å². The van der Waals surface area contributed by atoms with Gasteiger partial charge in [-0.25, -0.2) is 4.98 Å². The van der Waals surface area contributed by atoms with Gasteiger partial charge < -0.3 is 13.9 Å². The summed E-state index contributed by atoms with van der Waals surface area (Å²) in [5.74, 6) is 2.08. The van der Waals surface area contributed by atoms with E-state index in [2.05, 4.69) is 37.7 Å². The van der Waals surface area contributed by atoms with E-state index in [1.165, 1.54) is 6.39 Å². The van der Waals surface area contributed by atoms with Crippen molar-refractivity contribution in [3.8, 4) is 34.2 Å². The fourth-order valence-corrected chi connectivity index (χ4v) is 4.11. The van der Waals surface area contributed by atoms with E-state index in [0.29, 0.717) is 30.0 Å². The molecule has 7 nitrogen and oxygen atoms in total. The van der Waals surface area contributed by atoms with Gasteiger partial charge in [-0.3, -0.25) is 0 Å². The first-order chi connectivity index (χ1) is 14.8. The summed E-state index contributed by atoms with van der Waals surface area (Å²) in [4.78, 5) is 10.1. The van der Waals surface area contributed by atoms with Gasteiger partial charge in [0.2, 0.25) is 18.2 Å². The monoisotopic (exact) mass is 416 g/mol. The number of rotatable bonds is 6. The second-order valence-electron chi connectivity index (χ2n) is 6.45. The van der Waals surface area contributed by atoms with Crippen LogP contribution in [0.15, 0.2) is 70.8 Å². The lowest BCUT2D eigenvalue weighted by atomic mass is 10.1. The zero-order chi connectivity index (χ0) is 20.3. The predicted molar refractivity (Wildman–Crippen MR) is 113 cm³/mol. The highest BCUT2D eigenvalue weighted by Gasteiger charge is 2.17. The molecule has 5 rings (SSSR count). The van der Waals surface area contributed by atoms with Crippen LogP contribution in [0.5, 0.6) is 11.6 Å². The van der Waals surface area contributed by atoms with Crippen LogP contribution in [0.1, 0.15) is 5.82 Å². The van der Waals surface area contributed by atoms with Gasteiger partial charge in [0.15, 0.2) is 5.82 Å². The molecule has 0 aliphatic heterocycles. The predicted octanol–water partition coefficient (Wildman–Crippen LogP) is 5.35. The van der Waals surface area contributed by atoms with Crippen molar-refractivity contribution in [2.75, 3.05) is 7.11 Å². The minimum Gasteiger partial charge on any atom is -0.438 e. The molecule has 0 aliphatic carbocycles. The van der Waals surface area contributed by atoms with Gasteiger partial charge >= 0.3 is 0 Å². The van der Waals surface area contributed by atoms with Gasteiger partial charge in [0.25, 0.3) is 0 Å². The van der Waals surface area contributed by atoms with Crippen molar-refractivity contribution >= 4 is 21.6 Å². The van der Waals surface area contributed by atoms with Gasteiger partial charge in [0.1, 0.15) is 17.2 Å². The van der Waals surface area contributed by atoms with Crippen molar-refractivity contribution in [2.45, 2.75) is 6.61 Å². The number of nitrogens with zero attached hydrogens (tertiary/aromatic N) is 4. The second kappa shape index (κ2) is 8.02. The zero-order valence-electron chi connectivity index (χ0n) is 16.0. The second-order valence-corrected chi connectivity index (χ2v) is 7.31. The lowest BCUT2D eigenvalue weighted by Gasteiger charge is -2.10. The van der Waals surface area contributed by atoms with Crippen LogP contribution in [0.3, 0.4) is 0 Å². The molecule has 0 amide bonds. The number of hydrogen-bond acceptors (Lipinski definition) is 8. The first-order valence-corrected chi connectivity index (χ1v) is 10.1. The van der Waals surface area contributed by atoms with E-state index < -0.39 is 0 Å². The van der Waals surface area contributed by atoms with E-state index >= 15 is 0 Å². The molecular weight excluding hydrogens is 400 g/mol. The normalized spacial score (nSPS) is 11.1. The lowest BCUT2D eigenvalue weighted by Crippen LogP contribution is -2.00. The molecule has 0 bridgehead atoms. The van der Waals surface area contributed by atoms with Gasteiger partial charge in [-0.2, -0.15) is 4.98 Å². The van der Waals surface area contributed by atoms with E-state index in [1.54, 1.807) is 18.4 Å². The Kier molecular flexibility index (Phi) is 4.92. The van der Waals surface area contributed by atoms with Gasteiger partial charge in [-0.1, -0.05) is 36.4 Å². The van der Waals surface area contributed by atoms with E-state index in [1.807, 2.05) is 42.5 Å². The van der Waals surface area contributed by atoms with Gasteiger partial charge in [-0.05, 0) is 23.8 Å². The summed E-state index contributed by atoms with van der Waals surface area (Å²) in [5, 5.41) is 10.6. The number of aromatic nitrogens is 4. The lowest BCUT2D eigenvalue weighted by molar-refractivity contribution is 0.177. The molecule has 5 aromatic rings. The topological polar surface area (TPSA) is 83.2 Å². The van der Waals surface area contributed by atoms with E-state index in [0.717, 1.165) is 26.9 Å². The van der Waals surface area contributed by atoms with Crippen LogP contribution >= 0.6 is 11.3 Å². The maximum absolute atomic E-state index is 6.25. The Hall–Kier alpha value is -3.62. The third kappa shape index (κ3) is 3.54. The third-order valence-electron chi connectivity index (χ3n) is 4.46. The molecule has 148 valence electrons. The van der Waals surface area contributed by atoms with Crippen LogP contribution in [-0.2, 0) is 11.3 Å². The highest BCUT2D eigenvalue weighted by Crippen LogP contribution is 2.39. The Bertz CT molecular complexity index is 1290. The molecule has 3 heterocycles. The Balaban J connectivity index is 1.62. The van der Waals surface area contributed by atoms with Crippen molar-refractivity contribution in [1.29, 1.82) is 0 Å². The van der Waals surface area contributed by atoms with Crippen LogP contribution < -0.4 is 4.74 Å². The quantitative estimate of drug-likeness (QED) is 0.369. The first kappa shape index (κ1) is 18.4. The molecule has 8 heteroatoms. The number of benzene rings is 2. The number of ether oxygens (including phenoxy) is 2. The summed E-state index contributed by atoms with van der Waals surface area (Å²) in [6.45, 7) is 0.299. The number of methoxy groups -OCH3 is 1. The van der Waals surface area contributed by atoms with E-state index in [9.17, 15) is 0 Å². The number of thiophene rings is 1. The summed E-state index contributed by atoms with van der Waals surface area (Å²) < 4.78 is 16.8. The first-order valence-electron chi connectivity index (χ1n) is 9.19. The van der Waals surface area contributed by atoms with Crippen LogP contribution in [0, 0.1) is 0 Å². The van der Waals surface area contributed by atoms with Crippen molar-refractivity contribution < 1.29 is 13.9 Å². The fourth-order valence-electron chi connectivity index (χ4n) is 3.15. The van der Waals surface area contributed by atoms with Crippen LogP contribution in [0.4, 0.5) is 0 Å². The Morgan fingerprint density at radius 1 is 1.00 bits per heavy atom. The average molecular weight is 416 g/mol. The molecule has 0 fully saturated rings. The summed E-state index contributed by atoms with van der Waals surface area (Å²) >= 11 is 1.55. The maximum Gasteiger partial charge on any atom is 0.247 e. The van der Waals surface area contributed by atoms with E-state index in [-0.39, 0.29) is 0 Å². The van der Waals surface area contributed by atoms with Gasteiger partial charge in [0, 0.05) is 23.6 Å². The van der Waals surface area contributed by atoms with Crippen molar-refractivity contribution in [3.05, 3.63) is 72.2 Å². The summed E-state index contributed by atoms with van der Waals surface area (Å²) in [5.41, 5.74) is 2.87. The Morgan fingerprint density at radius 3 is 2.67 bits per heavy atom. The van der Waals surface area contributed by atoms with Crippen LogP contribution in [0.2, 0.25) is 0 Å². The average Bonchev–Trinajstić information content (AvgIpc) is 3.45. The summed E-state index contributed by atoms with van der Waals surface area (Å²) in [6.07, 6.45) is 1.30. The van der Waals surface area contributed by atoms with Crippen molar-refractivity contribution in [2.24, 2.45) is 0 Å². The van der Waals surface area contributed by atoms with Crippen LogP contribution in [0.25, 0.3) is 32.8 Å². The third-order valence-corrected chi connectivity index (χ3v) is 5.33. The van der Waals surface area contributed by atoms with Crippen LogP contribution in [-0.4, -0.2) is 27.3 Å². The standard InChI is InChI=1S/C22H16N4O3S/c1-27-11-18-24-21(29-16-9-5-8-15(10-16)20-26-23-13-28-20)19-17(12-30-22(19)25-18)14-6-3-2-4-7-14/h2-10,12-13H,11H2,1H3. The molecule has 0 saturated carbocycles. The summed E-state index contributed by atoms with van der Waals surface area (Å²) in [7, 11) is 1.62. The maximum atomic E-state index is 6.25. The molecule has 0 unspecified atom stereocenters. The minimum atomic E-state index is 0.299. The highest BCUT2D eigenvalue weighted by molar-refractivity contribution is 7.17. The molecule has 0 aliphatic rings. The molecular formula is C22H16N4O3S. The Morgan fingerprint density at radius 2 is 1.87 bits per heavy atom. The largest absolute Gasteiger partial charge is 0.438 e. The summed E-state index contributed by atoms with van der Waals surface area (Å²) in [6, 6.07) is 17.6. The zero-order valence-corrected chi connectivity index (χ0v) is 16.8. The molecule has 0 saturated heterocycles. The molecule has 0 spiro atoms. The number of fused-ring (bicyclic) bond motifs is 1. The number of hydrogen-bond donors (Lipinski definition) is 0. The molecule has 3 aromatic heterocycles. The van der Waals surface area contributed by atoms with Crippen molar-refractivity contribution in [1.82, 2.24) is 20.2 Å². The van der Waals surface area contributed by atoms with Gasteiger partial charge in [-0.15, -0.1) is 21.5 Å². The van der Waals surface area contributed by atoms with Crippen molar-refractivity contribution in [3.63, 3.8) is 0 Å². The highest BCUT2D eigenvalue weighted by atomic mass is 32.1. The van der Waals surface area contributed by atoms with Gasteiger partial charge in [0.05, 0.1) is 5.39 Å². The SMILES string of the molecule is COCc1nc(Oc2cccc(-c3nnco3)c2)c2c(-c3ccccc3)csc2n1. The fraction of sp³-hybridized carbons (Fsp3) is 0.0909.